The zero-order valence-electron chi connectivity index (χ0n) is 36.9. The molecular formula is C38H66N12O15. The number of primary amides is 1. The van der Waals surface area contributed by atoms with Crippen molar-refractivity contribution in [3.63, 3.8) is 0 Å². The van der Waals surface area contributed by atoms with Crippen LogP contribution in [-0.4, -0.2) is 154 Å². The normalized spacial score (nSPS) is 15.0. The number of nitrogens with two attached hydrogens (primary N) is 4. The maximum absolute atomic E-state index is 13.4. The van der Waals surface area contributed by atoms with Gasteiger partial charge in [0, 0.05) is 0 Å². The van der Waals surface area contributed by atoms with E-state index in [1.54, 1.807) is 13.8 Å². The van der Waals surface area contributed by atoms with Crippen LogP contribution in [0, 0.1) is 5.92 Å². The van der Waals surface area contributed by atoms with E-state index in [1.807, 2.05) is 0 Å². The largest absolute Gasteiger partial charge is 0.481 e. The highest BCUT2D eigenvalue weighted by Gasteiger charge is 2.34. The number of hydrogen-bond donors (Lipinski definition) is 15. The monoisotopic (exact) mass is 930 g/mol. The first-order valence-electron chi connectivity index (χ1n) is 20.9. The van der Waals surface area contributed by atoms with E-state index in [0.29, 0.717) is 25.7 Å². The molecule has 0 radical (unpaired) electrons. The van der Waals surface area contributed by atoms with Crippen LogP contribution in [0.1, 0.15) is 91.9 Å². The summed E-state index contributed by atoms with van der Waals surface area (Å²) in [5, 5.41) is 46.6. The molecule has 0 aliphatic heterocycles. The standard InChI is InChI=1S/C38H66N12O15/c1-5-18(2)30(38(64)65)50-35(61)22(11-7-9-13-40)46-37(63)25(16-29(55)56)48-32(58)20(4)44-34(60)21(10-6-8-12-39)45-27(52)17-43-33(59)24(15-28(53)54)49-36(62)23(14-26(42)51)47-31(57)19(3)41/h18-25,30H,5-17,39-41H2,1-4H3,(H2,42,51)(H,43,59)(H,44,60)(H,45,52)(H,46,63)(H,47,57)(H,48,58)(H,49,62)(H,50,61)(H,53,54)(H,55,56)(H,64,65)/t18-,19-,20-,21-,22-,23-,24-,25-,30-/m0/s1. The van der Waals surface area contributed by atoms with E-state index in [1.165, 1.54) is 13.8 Å². The minimum absolute atomic E-state index is 0.0168. The molecule has 27 nitrogen and oxygen atoms in total. The fraction of sp³-hybridized carbons (Fsp3) is 0.684. The Morgan fingerprint density at radius 3 is 1.37 bits per heavy atom. The molecule has 0 aromatic heterocycles. The molecule has 0 unspecified atom stereocenters. The predicted molar refractivity (Wildman–Crippen MR) is 227 cm³/mol. The summed E-state index contributed by atoms with van der Waals surface area (Å²) in [7, 11) is 0. The minimum atomic E-state index is -1.84. The van der Waals surface area contributed by atoms with E-state index in [4.69, 9.17) is 22.9 Å². The summed E-state index contributed by atoms with van der Waals surface area (Å²) in [6, 6.07) is -11.9. The van der Waals surface area contributed by atoms with Crippen molar-refractivity contribution < 1.29 is 72.9 Å². The fourth-order valence-corrected chi connectivity index (χ4v) is 5.70. The van der Waals surface area contributed by atoms with E-state index < -0.39 is 151 Å². The van der Waals surface area contributed by atoms with Crippen LogP contribution in [-0.2, 0) is 57.5 Å². The lowest BCUT2D eigenvalue weighted by Gasteiger charge is -2.26. The number of nitrogens with one attached hydrogen (secondary N) is 8. The Bertz CT molecular complexity index is 1700. The summed E-state index contributed by atoms with van der Waals surface area (Å²) in [4.78, 5) is 151. The number of aliphatic carboxylic acids is 3. The van der Waals surface area contributed by atoms with Crippen molar-refractivity contribution in [2.45, 2.75) is 140 Å². The summed E-state index contributed by atoms with van der Waals surface area (Å²) in [6.45, 7) is 5.33. The smallest absolute Gasteiger partial charge is 0.326 e. The molecule has 0 aliphatic rings. The average Bonchev–Trinajstić information content (AvgIpc) is 3.21. The number of unbranched alkanes of at least 4 members (excludes halogenated alkanes) is 2. The van der Waals surface area contributed by atoms with Crippen molar-refractivity contribution >= 4 is 71.1 Å². The molecule has 0 heterocycles. The number of amides is 9. The van der Waals surface area contributed by atoms with Crippen LogP contribution < -0.4 is 65.5 Å². The molecule has 9 amide bonds. The second-order valence-electron chi connectivity index (χ2n) is 15.2. The number of carbonyl (C=O) groups is 12. The first-order chi connectivity index (χ1) is 30.4. The third-order valence-electron chi connectivity index (χ3n) is 9.61. The Balaban J connectivity index is 6.01. The van der Waals surface area contributed by atoms with Gasteiger partial charge in [0.2, 0.25) is 53.2 Å². The van der Waals surface area contributed by atoms with Gasteiger partial charge >= 0.3 is 17.9 Å². The van der Waals surface area contributed by atoms with Gasteiger partial charge in [-0.3, -0.25) is 52.7 Å². The van der Waals surface area contributed by atoms with Gasteiger partial charge in [-0.2, -0.15) is 0 Å². The van der Waals surface area contributed by atoms with Crippen LogP contribution >= 0.6 is 0 Å². The van der Waals surface area contributed by atoms with E-state index >= 15 is 0 Å². The molecule has 65 heavy (non-hydrogen) atoms. The zero-order chi connectivity index (χ0) is 50.0. The number of carboxylic acids is 3. The highest BCUT2D eigenvalue weighted by atomic mass is 16.4. The summed E-state index contributed by atoms with van der Waals surface area (Å²) in [6.07, 6.45) is -1.02. The van der Waals surface area contributed by atoms with E-state index in [-0.39, 0.29) is 32.4 Å². The zero-order valence-corrected chi connectivity index (χ0v) is 36.9. The van der Waals surface area contributed by atoms with Gasteiger partial charge in [-0.1, -0.05) is 20.3 Å². The molecule has 19 N–H and O–H groups in total. The quantitative estimate of drug-likeness (QED) is 0.0273. The van der Waals surface area contributed by atoms with Gasteiger partial charge in [-0.15, -0.1) is 0 Å². The second-order valence-corrected chi connectivity index (χ2v) is 15.2. The van der Waals surface area contributed by atoms with Gasteiger partial charge in [0.15, 0.2) is 0 Å². The molecule has 0 aromatic carbocycles. The third kappa shape index (κ3) is 23.7. The third-order valence-corrected chi connectivity index (χ3v) is 9.61. The molecule has 0 aliphatic carbocycles. The van der Waals surface area contributed by atoms with E-state index in [2.05, 4.69) is 42.5 Å². The van der Waals surface area contributed by atoms with Crippen molar-refractivity contribution in [2.75, 3.05) is 19.6 Å². The summed E-state index contributed by atoms with van der Waals surface area (Å²) in [5.41, 5.74) is 21.8. The van der Waals surface area contributed by atoms with Crippen molar-refractivity contribution in [2.24, 2.45) is 28.9 Å². The van der Waals surface area contributed by atoms with E-state index in [0.717, 1.165) is 0 Å². The predicted octanol–water partition coefficient (Wildman–Crippen LogP) is -5.92. The van der Waals surface area contributed by atoms with Gasteiger partial charge in [0.05, 0.1) is 31.8 Å². The van der Waals surface area contributed by atoms with Crippen LogP contribution in [0.15, 0.2) is 0 Å². The minimum Gasteiger partial charge on any atom is -0.481 e. The Labute approximate surface area is 374 Å². The van der Waals surface area contributed by atoms with Gasteiger partial charge < -0.3 is 80.8 Å². The van der Waals surface area contributed by atoms with Gasteiger partial charge in [0.1, 0.15) is 42.3 Å². The molecule has 9 atom stereocenters. The van der Waals surface area contributed by atoms with Crippen LogP contribution in [0.25, 0.3) is 0 Å². The fourth-order valence-electron chi connectivity index (χ4n) is 5.70. The average molecular weight is 931 g/mol. The number of carbonyl (C=O) groups excluding carboxylic acids is 9. The summed E-state index contributed by atoms with van der Waals surface area (Å²) in [5.74, 6) is -14.2. The lowest BCUT2D eigenvalue weighted by atomic mass is 9.98. The highest BCUT2D eigenvalue weighted by molar-refractivity contribution is 5.99. The molecular weight excluding hydrogens is 864 g/mol. The van der Waals surface area contributed by atoms with E-state index in [9.17, 15) is 72.9 Å². The van der Waals surface area contributed by atoms with Gasteiger partial charge in [0.25, 0.3) is 0 Å². The highest BCUT2D eigenvalue weighted by Crippen LogP contribution is 2.11. The second kappa shape index (κ2) is 30.6. The lowest BCUT2D eigenvalue weighted by molar-refractivity contribution is -0.144. The number of rotatable bonds is 33. The number of carboxylic acid groups (broad SMARTS) is 3. The molecule has 0 spiro atoms. The molecule has 0 rings (SSSR count). The van der Waals surface area contributed by atoms with Gasteiger partial charge in [-0.25, -0.2) is 4.79 Å². The number of hydrogen-bond acceptors (Lipinski definition) is 15. The molecule has 0 aromatic rings. The first-order valence-corrected chi connectivity index (χ1v) is 20.9. The maximum atomic E-state index is 13.4. The molecule has 0 fully saturated rings. The SMILES string of the molecule is CC[C@H](C)[C@H](NC(=O)[C@H](CCCCN)NC(=O)[C@H](CC(=O)O)NC(=O)[C@H](C)NC(=O)[C@H](CCCCN)NC(=O)CNC(=O)[C@H](CC(=O)O)NC(=O)[C@H](CC(N)=O)NC(=O)[C@H](C)N)C(=O)O. The molecule has 0 saturated carbocycles. The lowest BCUT2D eigenvalue weighted by Crippen LogP contribution is -2.59. The van der Waals surface area contributed by atoms with Crippen molar-refractivity contribution in [1.82, 2.24) is 42.5 Å². The summed E-state index contributed by atoms with van der Waals surface area (Å²) < 4.78 is 0. The topological polar surface area (TPSA) is 466 Å². The Kier molecular flexibility index (Phi) is 27.5. The maximum Gasteiger partial charge on any atom is 0.326 e. The Morgan fingerprint density at radius 1 is 0.508 bits per heavy atom. The molecule has 0 bridgehead atoms. The van der Waals surface area contributed by atoms with Crippen LogP contribution in [0.5, 0.6) is 0 Å². The van der Waals surface area contributed by atoms with Crippen molar-refractivity contribution in [1.29, 1.82) is 0 Å². The van der Waals surface area contributed by atoms with Crippen LogP contribution in [0.4, 0.5) is 0 Å². The Hall–Kier alpha value is -6.48. The molecule has 0 saturated heterocycles. The first kappa shape index (κ1) is 58.5. The van der Waals surface area contributed by atoms with Crippen LogP contribution in [0.3, 0.4) is 0 Å². The Morgan fingerprint density at radius 2 is 0.923 bits per heavy atom. The van der Waals surface area contributed by atoms with Crippen molar-refractivity contribution in [3.8, 4) is 0 Å². The summed E-state index contributed by atoms with van der Waals surface area (Å²) >= 11 is 0. The molecule has 368 valence electrons. The molecule has 27 heteroatoms. The van der Waals surface area contributed by atoms with Crippen LogP contribution in [0.2, 0.25) is 0 Å². The van der Waals surface area contributed by atoms with Crippen molar-refractivity contribution in [3.05, 3.63) is 0 Å². The van der Waals surface area contributed by atoms with Gasteiger partial charge in [-0.05, 0) is 71.4 Å².